The first-order valence-corrected chi connectivity index (χ1v) is 4.67. The Kier molecular flexibility index (Phi) is 5.42. The van der Waals surface area contributed by atoms with Gasteiger partial charge >= 0.3 is 0 Å². The molecular weight excluding hydrogens is 140 g/mol. The molecule has 0 saturated heterocycles. The van der Waals surface area contributed by atoms with E-state index in [2.05, 4.69) is 12.0 Å². The monoisotopic (exact) mass is 150 g/mol. The zero-order valence-electron chi connectivity index (χ0n) is 5.05. The third kappa shape index (κ3) is 4.33. The smallest absolute Gasteiger partial charge is 0.100 e. The van der Waals surface area contributed by atoms with E-state index >= 15 is 0 Å². The maximum atomic E-state index is 4.97. The summed E-state index contributed by atoms with van der Waals surface area (Å²) in [7, 11) is 3.36. The molecule has 0 rings (SSSR count). The van der Waals surface area contributed by atoms with Crippen molar-refractivity contribution in [3.8, 4) is 0 Å². The van der Waals surface area contributed by atoms with Crippen LogP contribution in [-0.4, -0.2) is 10.8 Å². The average molecular weight is 150 g/mol. The van der Waals surface area contributed by atoms with Crippen LogP contribution in [0.1, 0.15) is 13.8 Å². The largest absolute Gasteiger partial charge is 0.323 e. The Labute approximate surface area is 57.7 Å². The maximum Gasteiger partial charge on any atom is 0.100 e. The lowest BCUT2D eigenvalue weighted by Gasteiger charge is -1.91. The molecule has 0 heterocycles. The highest BCUT2D eigenvalue weighted by Gasteiger charge is 1.87. The Balaban J connectivity index is 3.12. The zero-order valence-corrected chi connectivity index (χ0v) is 6.68. The summed E-state index contributed by atoms with van der Waals surface area (Å²) in [6, 6.07) is 0. The van der Waals surface area contributed by atoms with Crippen LogP contribution >= 0.6 is 21.6 Å². The van der Waals surface area contributed by atoms with Gasteiger partial charge in [0.15, 0.2) is 0 Å². The fourth-order valence-electron chi connectivity index (χ4n) is 0.166. The maximum absolute atomic E-state index is 4.97. The van der Waals surface area contributed by atoms with E-state index in [9.17, 15) is 0 Å². The van der Waals surface area contributed by atoms with Gasteiger partial charge in [0.25, 0.3) is 0 Å². The topological polar surface area (TPSA) is 38.4 Å². The molecule has 0 saturated carbocycles. The van der Waals surface area contributed by atoms with Gasteiger partial charge in [-0.25, -0.2) is 0 Å². The first-order chi connectivity index (χ1) is 3.81. The highest BCUT2D eigenvalue weighted by atomic mass is 33.1. The third-order valence-electron chi connectivity index (χ3n) is 0.479. The van der Waals surface area contributed by atoms with Crippen LogP contribution in [0.2, 0.25) is 0 Å². The molecule has 8 heavy (non-hydrogen) atoms. The Bertz CT molecular complexity index is 82.1. The summed E-state index contributed by atoms with van der Waals surface area (Å²) in [6.45, 7) is 3.99. The molecule has 0 aliphatic rings. The van der Waals surface area contributed by atoms with Gasteiger partial charge in [-0.15, -0.1) is 0 Å². The van der Waals surface area contributed by atoms with Gasteiger partial charge < -0.3 is 5.84 Å². The van der Waals surface area contributed by atoms with E-state index < -0.39 is 0 Å². The zero-order chi connectivity index (χ0) is 6.41. The minimum atomic E-state index is 0.928. The number of nitrogens with zero attached hydrogens (tertiary/aromatic N) is 1. The van der Waals surface area contributed by atoms with Gasteiger partial charge in [0.2, 0.25) is 0 Å². The molecule has 0 amide bonds. The first kappa shape index (κ1) is 8.17. The average Bonchev–Trinajstić information content (AvgIpc) is 1.83. The van der Waals surface area contributed by atoms with Crippen LogP contribution < -0.4 is 5.84 Å². The van der Waals surface area contributed by atoms with Crippen molar-refractivity contribution >= 4 is 26.6 Å². The molecule has 0 aromatic rings. The Morgan fingerprint density at radius 2 is 2.38 bits per heavy atom. The molecule has 0 spiro atoms. The van der Waals surface area contributed by atoms with E-state index in [1.54, 1.807) is 21.6 Å². The fraction of sp³-hybridized carbons (Fsp3) is 0.750. The molecule has 0 atom stereocenters. The minimum absolute atomic E-state index is 0.928. The van der Waals surface area contributed by atoms with Crippen LogP contribution in [0, 0.1) is 0 Å². The second-order valence-corrected chi connectivity index (χ2v) is 3.92. The molecule has 0 aromatic carbocycles. The second-order valence-electron chi connectivity index (χ2n) is 1.14. The van der Waals surface area contributed by atoms with Gasteiger partial charge in [-0.2, -0.15) is 5.10 Å². The molecule has 2 nitrogen and oxygen atoms in total. The molecule has 0 fully saturated rings. The van der Waals surface area contributed by atoms with Crippen molar-refractivity contribution in [2.75, 3.05) is 5.75 Å². The number of rotatable bonds is 2. The van der Waals surface area contributed by atoms with E-state index in [0.29, 0.717) is 0 Å². The number of hydrazone groups is 1. The van der Waals surface area contributed by atoms with Crippen molar-refractivity contribution in [1.82, 2.24) is 0 Å². The summed E-state index contributed by atoms with van der Waals surface area (Å²) in [6.07, 6.45) is 0. The summed E-state index contributed by atoms with van der Waals surface area (Å²) >= 11 is 0. The van der Waals surface area contributed by atoms with Crippen molar-refractivity contribution in [3.63, 3.8) is 0 Å². The van der Waals surface area contributed by atoms with E-state index in [-0.39, 0.29) is 0 Å². The summed E-state index contributed by atoms with van der Waals surface area (Å²) in [5, 5.41) is 4.41. The lowest BCUT2D eigenvalue weighted by molar-refractivity contribution is 1.26. The summed E-state index contributed by atoms with van der Waals surface area (Å²) in [4.78, 5) is 0. The van der Waals surface area contributed by atoms with Crippen LogP contribution in [0.3, 0.4) is 0 Å². The number of hydrogen-bond acceptors (Lipinski definition) is 4. The summed E-state index contributed by atoms with van der Waals surface area (Å²) < 4.78 is 0. The molecular formula is C4H10N2S2. The van der Waals surface area contributed by atoms with Crippen LogP contribution in [-0.2, 0) is 0 Å². The molecule has 4 heteroatoms. The van der Waals surface area contributed by atoms with Gasteiger partial charge in [0, 0.05) is 5.75 Å². The lowest BCUT2D eigenvalue weighted by Crippen LogP contribution is -1.87. The molecule has 0 aliphatic heterocycles. The first-order valence-electron chi connectivity index (χ1n) is 2.35. The molecule has 2 N–H and O–H groups in total. The standard InChI is InChI=1S/C4H10N2S2/c1-3-7-8-4(2)6-5/h3,5H2,1-2H3/b6-4-. The van der Waals surface area contributed by atoms with Gasteiger partial charge in [-0.05, 0) is 17.7 Å². The number of nitrogens with two attached hydrogens (primary N) is 1. The Hall–Kier alpha value is 0.170. The lowest BCUT2D eigenvalue weighted by atomic mass is 10.9. The SMILES string of the molecule is CCSS/C(C)=N\N. The van der Waals surface area contributed by atoms with E-state index in [4.69, 9.17) is 5.84 Å². The Morgan fingerprint density at radius 1 is 1.75 bits per heavy atom. The second kappa shape index (κ2) is 5.31. The van der Waals surface area contributed by atoms with Gasteiger partial charge in [0.05, 0.1) is 0 Å². The van der Waals surface area contributed by atoms with Crippen LogP contribution in [0.15, 0.2) is 5.10 Å². The van der Waals surface area contributed by atoms with Crippen molar-refractivity contribution in [1.29, 1.82) is 0 Å². The Morgan fingerprint density at radius 3 is 2.75 bits per heavy atom. The third-order valence-corrected chi connectivity index (χ3v) is 2.96. The predicted molar refractivity (Wildman–Crippen MR) is 43.0 cm³/mol. The van der Waals surface area contributed by atoms with Crippen molar-refractivity contribution in [2.45, 2.75) is 13.8 Å². The summed E-state index contributed by atoms with van der Waals surface area (Å²) in [5.41, 5.74) is 0. The highest BCUT2D eigenvalue weighted by molar-refractivity contribution is 8.82. The van der Waals surface area contributed by atoms with Gasteiger partial charge in [0.1, 0.15) is 5.04 Å². The van der Waals surface area contributed by atoms with Crippen molar-refractivity contribution in [3.05, 3.63) is 0 Å². The molecule has 0 bridgehead atoms. The molecule has 0 aliphatic carbocycles. The fourth-order valence-corrected chi connectivity index (χ4v) is 1.49. The van der Waals surface area contributed by atoms with E-state index in [1.807, 2.05) is 6.92 Å². The van der Waals surface area contributed by atoms with Gasteiger partial charge in [-0.1, -0.05) is 17.7 Å². The predicted octanol–water partition coefficient (Wildman–Crippen LogP) is 1.68. The molecule has 0 radical (unpaired) electrons. The van der Waals surface area contributed by atoms with Gasteiger partial charge in [-0.3, -0.25) is 0 Å². The van der Waals surface area contributed by atoms with Crippen molar-refractivity contribution < 1.29 is 0 Å². The molecule has 0 aromatic heterocycles. The van der Waals surface area contributed by atoms with Crippen LogP contribution in [0.5, 0.6) is 0 Å². The molecule has 48 valence electrons. The van der Waals surface area contributed by atoms with Crippen molar-refractivity contribution in [2.24, 2.45) is 10.9 Å². The minimum Gasteiger partial charge on any atom is -0.323 e. The van der Waals surface area contributed by atoms with Crippen LogP contribution in [0.4, 0.5) is 0 Å². The normalized spacial score (nSPS) is 12.0. The quantitative estimate of drug-likeness (QED) is 0.214. The number of hydrogen-bond donors (Lipinski definition) is 1. The van der Waals surface area contributed by atoms with E-state index in [1.165, 1.54) is 0 Å². The van der Waals surface area contributed by atoms with E-state index in [0.717, 1.165) is 10.8 Å². The van der Waals surface area contributed by atoms with Crippen LogP contribution in [0.25, 0.3) is 0 Å². The highest BCUT2D eigenvalue weighted by Crippen LogP contribution is 2.21. The summed E-state index contributed by atoms with van der Waals surface area (Å²) in [5.74, 6) is 6.06. The molecule has 0 unspecified atom stereocenters.